The molecule has 0 saturated carbocycles. The minimum absolute atomic E-state index is 0.0324. The Morgan fingerprint density at radius 3 is 3.00 bits per heavy atom. The molecule has 25 heavy (non-hydrogen) atoms. The minimum atomic E-state index is -0.138. The van der Waals surface area contributed by atoms with Crippen LogP contribution in [0.15, 0.2) is 36.8 Å². The summed E-state index contributed by atoms with van der Waals surface area (Å²) in [7, 11) is 1.88. The number of piperidine rings is 1. The second kappa shape index (κ2) is 6.60. The standard InChI is InChI=1S/C18H20N6O/c1-24-11-13(10-21-24)14-6-5-12-9-20-17(8-16(12)22-14)23-18(25)15-4-2-3-7-19-15/h5-6,8-11,15,19H,2-4,7H2,1H3,(H,20,23,25)/t15-/m0/s1. The SMILES string of the molecule is Cn1cc(-c2ccc3cnc(NC(=O)[C@@H]4CCCCN4)cc3n2)cn1. The number of nitrogens with zero attached hydrogens (tertiary/aromatic N) is 4. The van der Waals surface area contributed by atoms with Gasteiger partial charge in [0.1, 0.15) is 5.82 Å². The second-order valence-electron chi connectivity index (χ2n) is 6.35. The zero-order chi connectivity index (χ0) is 17.2. The van der Waals surface area contributed by atoms with Crippen molar-refractivity contribution in [1.82, 2.24) is 25.1 Å². The van der Waals surface area contributed by atoms with Crippen LogP contribution in [0.2, 0.25) is 0 Å². The number of rotatable bonds is 3. The summed E-state index contributed by atoms with van der Waals surface area (Å²) in [4.78, 5) is 21.4. The number of aromatic nitrogens is 4. The van der Waals surface area contributed by atoms with Gasteiger partial charge in [0, 0.05) is 36.5 Å². The fourth-order valence-corrected chi connectivity index (χ4v) is 3.09. The number of pyridine rings is 2. The Morgan fingerprint density at radius 1 is 1.32 bits per heavy atom. The summed E-state index contributed by atoms with van der Waals surface area (Å²) in [6.07, 6.45) is 8.51. The summed E-state index contributed by atoms with van der Waals surface area (Å²) in [6.45, 7) is 0.888. The molecule has 0 unspecified atom stereocenters. The summed E-state index contributed by atoms with van der Waals surface area (Å²) < 4.78 is 1.75. The molecule has 4 rings (SSSR count). The first-order valence-corrected chi connectivity index (χ1v) is 8.49. The van der Waals surface area contributed by atoms with E-state index in [1.54, 1.807) is 17.1 Å². The molecule has 0 bridgehead atoms. The zero-order valence-electron chi connectivity index (χ0n) is 14.1. The predicted molar refractivity (Wildman–Crippen MR) is 96.0 cm³/mol. The number of aryl methyl sites for hydroxylation is 1. The highest BCUT2D eigenvalue weighted by Crippen LogP contribution is 2.21. The number of carbonyl (C=O) groups is 1. The Labute approximate surface area is 145 Å². The molecule has 1 aliphatic rings. The highest BCUT2D eigenvalue weighted by Gasteiger charge is 2.20. The quantitative estimate of drug-likeness (QED) is 0.765. The molecule has 7 heteroatoms. The molecule has 1 saturated heterocycles. The number of nitrogens with one attached hydrogen (secondary N) is 2. The Kier molecular flexibility index (Phi) is 4.15. The van der Waals surface area contributed by atoms with Crippen molar-refractivity contribution in [3.8, 4) is 11.3 Å². The van der Waals surface area contributed by atoms with E-state index in [1.165, 1.54) is 0 Å². The van der Waals surface area contributed by atoms with Crippen molar-refractivity contribution < 1.29 is 4.79 Å². The number of hydrogen-bond acceptors (Lipinski definition) is 5. The van der Waals surface area contributed by atoms with E-state index in [9.17, 15) is 4.79 Å². The maximum absolute atomic E-state index is 12.3. The lowest BCUT2D eigenvalue weighted by molar-refractivity contribution is -0.118. The molecule has 0 radical (unpaired) electrons. The van der Waals surface area contributed by atoms with Gasteiger partial charge in [-0.05, 0) is 31.5 Å². The van der Waals surface area contributed by atoms with Gasteiger partial charge in [-0.2, -0.15) is 5.10 Å². The summed E-state index contributed by atoms with van der Waals surface area (Å²) in [5.74, 6) is 0.496. The Hall–Kier alpha value is -2.80. The highest BCUT2D eigenvalue weighted by molar-refractivity contribution is 5.95. The van der Waals surface area contributed by atoms with Gasteiger partial charge in [-0.3, -0.25) is 9.48 Å². The molecule has 128 valence electrons. The zero-order valence-corrected chi connectivity index (χ0v) is 14.1. The molecular formula is C18H20N6O. The molecule has 3 aromatic rings. The van der Waals surface area contributed by atoms with E-state index >= 15 is 0 Å². The van der Waals surface area contributed by atoms with Gasteiger partial charge in [0.15, 0.2) is 0 Å². The van der Waals surface area contributed by atoms with Crippen LogP contribution in [0, 0.1) is 0 Å². The van der Waals surface area contributed by atoms with E-state index in [-0.39, 0.29) is 11.9 Å². The molecule has 2 N–H and O–H groups in total. The second-order valence-corrected chi connectivity index (χ2v) is 6.35. The molecule has 1 amide bonds. The van der Waals surface area contributed by atoms with Gasteiger partial charge >= 0.3 is 0 Å². The van der Waals surface area contributed by atoms with Gasteiger partial charge in [0.05, 0.1) is 23.4 Å². The van der Waals surface area contributed by atoms with Crippen LogP contribution < -0.4 is 10.6 Å². The van der Waals surface area contributed by atoms with Crippen molar-refractivity contribution in [3.63, 3.8) is 0 Å². The van der Waals surface area contributed by atoms with Crippen LogP contribution in [0.5, 0.6) is 0 Å². The van der Waals surface area contributed by atoms with Gasteiger partial charge in [0.25, 0.3) is 0 Å². The number of carbonyl (C=O) groups excluding carboxylic acids is 1. The Balaban J connectivity index is 1.59. The topological polar surface area (TPSA) is 84.7 Å². The summed E-state index contributed by atoms with van der Waals surface area (Å²) in [5.41, 5.74) is 2.60. The van der Waals surface area contributed by atoms with E-state index in [4.69, 9.17) is 0 Å². The van der Waals surface area contributed by atoms with Crippen LogP contribution in [-0.4, -0.2) is 38.2 Å². The third-order valence-corrected chi connectivity index (χ3v) is 4.45. The van der Waals surface area contributed by atoms with E-state index < -0.39 is 0 Å². The van der Waals surface area contributed by atoms with Gasteiger partial charge in [-0.25, -0.2) is 9.97 Å². The van der Waals surface area contributed by atoms with E-state index in [1.807, 2.05) is 31.4 Å². The first-order chi connectivity index (χ1) is 12.2. The summed E-state index contributed by atoms with van der Waals surface area (Å²) in [5, 5.41) is 11.3. The van der Waals surface area contributed by atoms with Crippen LogP contribution in [0.1, 0.15) is 19.3 Å². The molecule has 0 aromatic carbocycles. The van der Waals surface area contributed by atoms with Crippen molar-refractivity contribution in [1.29, 1.82) is 0 Å². The van der Waals surface area contributed by atoms with Crippen molar-refractivity contribution in [2.75, 3.05) is 11.9 Å². The van der Waals surface area contributed by atoms with Crippen LogP contribution in [-0.2, 0) is 11.8 Å². The van der Waals surface area contributed by atoms with Crippen LogP contribution in [0.3, 0.4) is 0 Å². The normalized spacial score (nSPS) is 17.6. The maximum Gasteiger partial charge on any atom is 0.242 e. The number of hydrogen-bond donors (Lipinski definition) is 2. The van der Waals surface area contributed by atoms with Gasteiger partial charge in [-0.15, -0.1) is 0 Å². The molecular weight excluding hydrogens is 316 g/mol. The van der Waals surface area contributed by atoms with E-state index in [0.717, 1.165) is 48.0 Å². The highest BCUT2D eigenvalue weighted by atomic mass is 16.2. The lowest BCUT2D eigenvalue weighted by Crippen LogP contribution is -2.43. The molecule has 0 spiro atoms. The molecule has 7 nitrogen and oxygen atoms in total. The molecule has 1 atom stereocenters. The molecule has 3 aromatic heterocycles. The molecule has 1 fully saturated rings. The third kappa shape index (κ3) is 3.36. The van der Waals surface area contributed by atoms with Crippen LogP contribution in [0.4, 0.5) is 5.82 Å². The third-order valence-electron chi connectivity index (χ3n) is 4.45. The average Bonchev–Trinajstić information content (AvgIpc) is 3.08. The van der Waals surface area contributed by atoms with E-state index in [0.29, 0.717) is 5.82 Å². The van der Waals surface area contributed by atoms with Crippen LogP contribution in [0.25, 0.3) is 22.2 Å². The first-order valence-electron chi connectivity index (χ1n) is 8.49. The molecule has 4 heterocycles. The Morgan fingerprint density at radius 2 is 2.24 bits per heavy atom. The number of anilines is 1. The summed E-state index contributed by atoms with van der Waals surface area (Å²) >= 11 is 0. The van der Waals surface area contributed by atoms with E-state index in [2.05, 4.69) is 25.7 Å². The minimum Gasteiger partial charge on any atom is -0.309 e. The largest absolute Gasteiger partial charge is 0.309 e. The van der Waals surface area contributed by atoms with Crippen molar-refractivity contribution in [2.24, 2.45) is 7.05 Å². The predicted octanol–water partition coefficient (Wildman–Crippen LogP) is 2.11. The monoisotopic (exact) mass is 336 g/mol. The molecule has 0 aliphatic carbocycles. The fraction of sp³-hybridized carbons (Fsp3) is 0.333. The van der Waals surface area contributed by atoms with Gasteiger partial charge in [0.2, 0.25) is 5.91 Å². The average molecular weight is 336 g/mol. The lowest BCUT2D eigenvalue weighted by atomic mass is 10.0. The lowest BCUT2D eigenvalue weighted by Gasteiger charge is -2.22. The smallest absolute Gasteiger partial charge is 0.242 e. The van der Waals surface area contributed by atoms with Gasteiger partial charge < -0.3 is 10.6 Å². The molecule has 1 aliphatic heterocycles. The fourth-order valence-electron chi connectivity index (χ4n) is 3.09. The van der Waals surface area contributed by atoms with Crippen molar-refractivity contribution in [2.45, 2.75) is 25.3 Å². The van der Waals surface area contributed by atoms with Crippen molar-refractivity contribution in [3.05, 3.63) is 36.8 Å². The van der Waals surface area contributed by atoms with Crippen LogP contribution >= 0.6 is 0 Å². The van der Waals surface area contributed by atoms with Gasteiger partial charge in [-0.1, -0.05) is 6.42 Å². The first kappa shape index (κ1) is 15.7. The summed E-state index contributed by atoms with van der Waals surface area (Å²) in [6, 6.07) is 5.61. The number of amides is 1. The Bertz CT molecular complexity index is 913. The van der Waals surface area contributed by atoms with Crippen molar-refractivity contribution >= 4 is 22.6 Å². The maximum atomic E-state index is 12.3. The number of fused-ring (bicyclic) bond motifs is 1.